The van der Waals surface area contributed by atoms with E-state index in [1.807, 2.05) is 6.92 Å². The zero-order valence-electron chi connectivity index (χ0n) is 10.1. The fourth-order valence-electron chi connectivity index (χ4n) is 2.41. The largest absolute Gasteiger partial charge is 0.393 e. The molecule has 0 aromatic rings. The van der Waals surface area contributed by atoms with Gasteiger partial charge in [-0.05, 0) is 50.4 Å². The molecule has 0 aromatic carbocycles. The minimum absolute atomic E-state index is 0.244. The molecule has 16 heavy (non-hydrogen) atoms. The third kappa shape index (κ3) is 3.21. The summed E-state index contributed by atoms with van der Waals surface area (Å²) in [5, 5.41) is 12.4. The molecule has 0 spiro atoms. The van der Waals surface area contributed by atoms with E-state index in [1.54, 1.807) is 0 Å². The molecule has 2 rings (SSSR count). The molecule has 0 heterocycles. The van der Waals surface area contributed by atoms with Crippen molar-refractivity contribution in [3.8, 4) is 0 Å². The van der Waals surface area contributed by atoms with Crippen molar-refractivity contribution in [3.63, 3.8) is 0 Å². The maximum Gasteiger partial charge on any atom is 0.223 e. The molecule has 2 saturated carbocycles. The Hall–Kier alpha value is -0.570. The maximum atomic E-state index is 12.0. The lowest BCUT2D eigenvalue weighted by Crippen LogP contribution is -2.34. The van der Waals surface area contributed by atoms with Crippen molar-refractivity contribution in [2.75, 3.05) is 6.54 Å². The van der Waals surface area contributed by atoms with Gasteiger partial charge in [0.05, 0.1) is 6.10 Å². The standard InChI is InChI=1S/C13H23NO2/c1-2-11(15)7-8-14-13(16)12(9-3-4-9)10-5-6-10/h9-12,15H,2-8H2,1H3,(H,14,16). The first kappa shape index (κ1) is 11.9. The summed E-state index contributed by atoms with van der Waals surface area (Å²) >= 11 is 0. The van der Waals surface area contributed by atoms with Crippen molar-refractivity contribution < 1.29 is 9.90 Å². The first-order valence-electron chi connectivity index (χ1n) is 6.68. The molecule has 0 radical (unpaired) electrons. The Morgan fingerprint density at radius 2 is 1.88 bits per heavy atom. The van der Waals surface area contributed by atoms with E-state index >= 15 is 0 Å². The number of rotatable bonds is 7. The van der Waals surface area contributed by atoms with Crippen LogP contribution >= 0.6 is 0 Å². The second-order valence-corrected chi connectivity index (χ2v) is 5.34. The van der Waals surface area contributed by atoms with Gasteiger partial charge in [0.25, 0.3) is 0 Å². The van der Waals surface area contributed by atoms with Gasteiger partial charge in [-0.1, -0.05) is 6.92 Å². The highest BCUT2D eigenvalue weighted by molar-refractivity contribution is 5.80. The highest BCUT2D eigenvalue weighted by Gasteiger charge is 2.45. The van der Waals surface area contributed by atoms with Crippen molar-refractivity contribution in [1.29, 1.82) is 0 Å². The van der Waals surface area contributed by atoms with Crippen molar-refractivity contribution in [3.05, 3.63) is 0 Å². The molecule has 0 bridgehead atoms. The highest BCUT2D eigenvalue weighted by Crippen LogP contribution is 2.49. The van der Waals surface area contributed by atoms with E-state index in [4.69, 9.17) is 0 Å². The van der Waals surface area contributed by atoms with Crippen molar-refractivity contribution in [2.45, 2.75) is 51.6 Å². The average Bonchev–Trinajstić information content (AvgIpc) is 3.11. The molecule has 1 atom stereocenters. The topological polar surface area (TPSA) is 49.3 Å². The number of nitrogens with one attached hydrogen (secondary N) is 1. The normalized spacial score (nSPS) is 22.2. The number of carbonyl (C=O) groups excluding carboxylic acids is 1. The van der Waals surface area contributed by atoms with Crippen LogP contribution in [0.25, 0.3) is 0 Å². The van der Waals surface area contributed by atoms with Crippen LogP contribution in [0.15, 0.2) is 0 Å². The molecule has 3 nitrogen and oxygen atoms in total. The zero-order chi connectivity index (χ0) is 11.5. The van der Waals surface area contributed by atoms with Crippen LogP contribution in [-0.2, 0) is 4.79 Å². The van der Waals surface area contributed by atoms with E-state index < -0.39 is 0 Å². The number of carbonyl (C=O) groups is 1. The highest BCUT2D eigenvalue weighted by atomic mass is 16.3. The van der Waals surface area contributed by atoms with Gasteiger partial charge in [0.2, 0.25) is 5.91 Å². The molecule has 2 fully saturated rings. The van der Waals surface area contributed by atoms with E-state index in [1.165, 1.54) is 25.7 Å². The molecular formula is C13H23NO2. The zero-order valence-corrected chi connectivity index (χ0v) is 10.1. The van der Waals surface area contributed by atoms with Crippen LogP contribution in [0.2, 0.25) is 0 Å². The summed E-state index contributed by atoms with van der Waals surface area (Å²) in [5.74, 6) is 1.87. The summed E-state index contributed by atoms with van der Waals surface area (Å²) in [6.07, 6.45) is 6.16. The second kappa shape index (κ2) is 5.17. The van der Waals surface area contributed by atoms with E-state index in [9.17, 15) is 9.90 Å². The molecule has 2 aliphatic carbocycles. The van der Waals surface area contributed by atoms with Crippen LogP contribution in [-0.4, -0.2) is 23.7 Å². The van der Waals surface area contributed by atoms with E-state index in [0.717, 1.165) is 6.42 Å². The van der Waals surface area contributed by atoms with Crippen molar-refractivity contribution in [2.24, 2.45) is 17.8 Å². The third-order valence-corrected chi connectivity index (χ3v) is 3.81. The van der Waals surface area contributed by atoms with Gasteiger partial charge in [-0.3, -0.25) is 4.79 Å². The summed E-state index contributed by atoms with van der Waals surface area (Å²) in [4.78, 5) is 12.0. The Labute approximate surface area is 97.6 Å². The number of hydrogen-bond donors (Lipinski definition) is 2. The van der Waals surface area contributed by atoms with Crippen LogP contribution in [0.3, 0.4) is 0 Å². The minimum atomic E-state index is -0.263. The second-order valence-electron chi connectivity index (χ2n) is 5.34. The molecule has 2 aliphatic rings. The summed E-state index contributed by atoms with van der Waals surface area (Å²) in [5.41, 5.74) is 0. The summed E-state index contributed by atoms with van der Waals surface area (Å²) in [7, 11) is 0. The Kier molecular flexibility index (Phi) is 3.85. The molecule has 3 heteroatoms. The third-order valence-electron chi connectivity index (χ3n) is 3.81. The molecule has 0 saturated heterocycles. The first-order valence-corrected chi connectivity index (χ1v) is 6.68. The number of hydrogen-bond acceptors (Lipinski definition) is 2. The first-order chi connectivity index (χ1) is 7.72. The van der Waals surface area contributed by atoms with Gasteiger partial charge < -0.3 is 10.4 Å². The van der Waals surface area contributed by atoms with Crippen LogP contribution in [0, 0.1) is 17.8 Å². The Morgan fingerprint density at radius 1 is 1.31 bits per heavy atom. The Balaban J connectivity index is 1.69. The van der Waals surface area contributed by atoms with Crippen LogP contribution in [0.1, 0.15) is 45.4 Å². The lowest BCUT2D eigenvalue weighted by Gasteiger charge is -2.16. The lowest BCUT2D eigenvalue weighted by molar-refractivity contribution is -0.126. The minimum Gasteiger partial charge on any atom is -0.393 e. The van der Waals surface area contributed by atoms with Gasteiger partial charge in [-0.15, -0.1) is 0 Å². The molecule has 92 valence electrons. The van der Waals surface area contributed by atoms with Crippen LogP contribution < -0.4 is 5.32 Å². The molecule has 1 amide bonds. The van der Waals surface area contributed by atoms with Crippen molar-refractivity contribution >= 4 is 5.91 Å². The van der Waals surface area contributed by atoms with E-state index in [0.29, 0.717) is 30.7 Å². The lowest BCUT2D eigenvalue weighted by atomic mass is 9.97. The van der Waals surface area contributed by atoms with Gasteiger partial charge in [0, 0.05) is 12.5 Å². The molecule has 0 aliphatic heterocycles. The SMILES string of the molecule is CCC(O)CCNC(=O)C(C1CC1)C1CC1. The number of amides is 1. The fourth-order valence-corrected chi connectivity index (χ4v) is 2.41. The fraction of sp³-hybridized carbons (Fsp3) is 0.923. The van der Waals surface area contributed by atoms with Crippen LogP contribution in [0.4, 0.5) is 0 Å². The van der Waals surface area contributed by atoms with Crippen LogP contribution in [0.5, 0.6) is 0 Å². The number of aliphatic hydroxyl groups is 1. The summed E-state index contributed by atoms with van der Waals surface area (Å²) in [6, 6.07) is 0. The van der Waals surface area contributed by atoms with Gasteiger partial charge in [-0.2, -0.15) is 0 Å². The Bertz CT molecular complexity index is 234. The van der Waals surface area contributed by atoms with Gasteiger partial charge in [0.15, 0.2) is 0 Å². The maximum absolute atomic E-state index is 12.0. The van der Waals surface area contributed by atoms with E-state index in [-0.39, 0.29) is 12.0 Å². The van der Waals surface area contributed by atoms with Gasteiger partial charge in [-0.25, -0.2) is 0 Å². The van der Waals surface area contributed by atoms with Crippen molar-refractivity contribution in [1.82, 2.24) is 5.32 Å². The van der Waals surface area contributed by atoms with Gasteiger partial charge in [0.1, 0.15) is 0 Å². The smallest absolute Gasteiger partial charge is 0.223 e. The predicted octanol–water partition coefficient (Wildman–Crippen LogP) is 1.70. The predicted molar refractivity (Wildman–Crippen MR) is 62.9 cm³/mol. The summed E-state index contributed by atoms with van der Waals surface area (Å²) in [6.45, 7) is 2.59. The Morgan fingerprint density at radius 3 is 2.31 bits per heavy atom. The van der Waals surface area contributed by atoms with Gasteiger partial charge >= 0.3 is 0 Å². The molecule has 0 aromatic heterocycles. The molecular weight excluding hydrogens is 202 g/mol. The molecule has 2 N–H and O–H groups in total. The van der Waals surface area contributed by atoms with E-state index in [2.05, 4.69) is 5.32 Å². The average molecular weight is 225 g/mol. The summed E-state index contributed by atoms with van der Waals surface area (Å²) < 4.78 is 0. The molecule has 1 unspecified atom stereocenters. The monoisotopic (exact) mass is 225 g/mol. The quantitative estimate of drug-likeness (QED) is 0.693. The number of aliphatic hydroxyl groups excluding tert-OH is 1.